The Kier molecular flexibility index (Phi) is 3.84. The molecule has 0 amide bonds. The van der Waals surface area contributed by atoms with E-state index in [9.17, 15) is 0 Å². The predicted molar refractivity (Wildman–Crippen MR) is 60.8 cm³/mol. The SMILES string of the molecule is Cc1cc(N)cc(C)c1OC/C=C/Cl. The van der Waals surface area contributed by atoms with Crippen LogP contribution in [0.4, 0.5) is 5.69 Å². The van der Waals surface area contributed by atoms with E-state index in [0.717, 1.165) is 22.6 Å². The third-order valence-electron chi connectivity index (χ3n) is 1.90. The molecule has 76 valence electrons. The highest BCUT2D eigenvalue weighted by atomic mass is 35.5. The van der Waals surface area contributed by atoms with Crippen molar-refractivity contribution in [3.63, 3.8) is 0 Å². The Bertz CT molecular complexity index is 324. The molecule has 0 aliphatic heterocycles. The van der Waals surface area contributed by atoms with Crippen LogP contribution in [0.3, 0.4) is 0 Å². The van der Waals surface area contributed by atoms with Crippen molar-refractivity contribution >= 4 is 17.3 Å². The minimum atomic E-state index is 0.481. The van der Waals surface area contributed by atoms with E-state index in [-0.39, 0.29) is 0 Å². The van der Waals surface area contributed by atoms with Crippen LogP contribution >= 0.6 is 11.6 Å². The molecule has 1 aromatic carbocycles. The molecule has 0 saturated carbocycles. The lowest BCUT2D eigenvalue weighted by atomic mass is 10.1. The number of hydrogen-bond donors (Lipinski definition) is 1. The maximum Gasteiger partial charge on any atom is 0.125 e. The molecular formula is C11H14ClNO. The molecule has 0 saturated heterocycles. The molecule has 2 N–H and O–H groups in total. The Morgan fingerprint density at radius 2 is 1.93 bits per heavy atom. The normalized spacial score (nSPS) is 10.8. The molecular weight excluding hydrogens is 198 g/mol. The second-order valence-electron chi connectivity index (χ2n) is 3.16. The highest BCUT2D eigenvalue weighted by Gasteiger charge is 2.03. The summed E-state index contributed by atoms with van der Waals surface area (Å²) in [5.41, 5.74) is 10.00. The van der Waals surface area contributed by atoms with E-state index in [1.54, 1.807) is 6.08 Å². The monoisotopic (exact) mass is 211 g/mol. The van der Waals surface area contributed by atoms with Crippen LogP contribution in [0.1, 0.15) is 11.1 Å². The standard InChI is InChI=1S/C11H14ClNO/c1-8-6-10(13)7-9(2)11(8)14-5-3-4-12/h3-4,6-7H,5,13H2,1-2H3/b4-3+. The lowest BCUT2D eigenvalue weighted by Crippen LogP contribution is -1.99. The van der Waals surface area contributed by atoms with Gasteiger partial charge in [0.1, 0.15) is 12.4 Å². The molecule has 0 spiro atoms. The van der Waals surface area contributed by atoms with Crippen molar-refractivity contribution in [3.8, 4) is 5.75 Å². The Morgan fingerprint density at radius 3 is 2.43 bits per heavy atom. The fraction of sp³-hybridized carbons (Fsp3) is 0.273. The topological polar surface area (TPSA) is 35.2 Å². The number of halogens is 1. The van der Waals surface area contributed by atoms with Gasteiger partial charge in [-0.15, -0.1) is 0 Å². The molecule has 0 radical (unpaired) electrons. The van der Waals surface area contributed by atoms with Gasteiger partial charge in [0.2, 0.25) is 0 Å². The number of aryl methyl sites for hydroxylation is 2. The summed E-state index contributed by atoms with van der Waals surface area (Å²) in [5, 5.41) is 0. The number of nitrogen functional groups attached to an aromatic ring is 1. The fourth-order valence-corrected chi connectivity index (χ4v) is 1.45. The third kappa shape index (κ3) is 2.67. The Balaban J connectivity index is 2.85. The van der Waals surface area contributed by atoms with Gasteiger partial charge in [0.25, 0.3) is 0 Å². The zero-order valence-electron chi connectivity index (χ0n) is 8.38. The summed E-state index contributed by atoms with van der Waals surface area (Å²) >= 11 is 5.39. The van der Waals surface area contributed by atoms with Crippen molar-refractivity contribution in [1.82, 2.24) is 0 Å². The van der Waals surface area contributed by atoms with Crippen LogP contribution in [-0.4, -0.2) is 6.61 Å². The summed E-state index contributed by atoms with van der Waals surface area (Å²) in [6, 6.07) is 3.79. The molecule has 14 heavy (non-hydrogen) atoms. The number of ether oxygens (including phenoxy) is 1. The molecule has 0 fully saturated rings. The summed E-state index contributed by atoms with van der Waals surface area (Å²) in [7, 11) is 0. The van der Waals surface area contributed by atoms with Gasteiger partial charge in [-0.05, 0) is 43.2 Å². The lowest BCUT2D eigenvalue weighted by Gasteiger charge is -2.11. The molecule has 3 heteroatoms. The van der Waals surface area contributed by atoms with Gasteiger partial charge in [-0.3, -0.25) is 0 Å². The van der Waals surface area contributed by atoms with Crippen LogP contribution in [-0.2, 0) is 0 Å². The van der Waals surface area contributed by atoms with Crippen LogP contribution in [0.5, 0.6) is 5.75 Å². The van der Waals surface area contributed by atoms with Crippen LogP contribution in [0.2, 0.25) is 0 Å². The lowest BCUT2D eigenvalue weighted by molar-refractivity contribution is 0.358. The third-order valence-corrected chi connectivity index (χ3v) is 2.07. The summed E-state index contributed by atoms with van der Waals surface area (Å²) in [6.45, 7) is 4.43. The van der Waals surface area contributed by atoms with Gasteiger partial charge >= 0.3 is 0 Å². The number of anilines is 1. The van der Waals surface area contributed by atoms with Crippen LogP contribution in [0.25, 0.3) is 0 Å². The van der Waals surface area contributed by atoms with Gasteiger partial charge in [0, 0.05) is 11.2 Å². The van der Waals surface area contributed by atoms with Crippen molar-refractivity contribution in [2.45, 2.75) is 13.8 Å². The average Bonchev–Trinajstić information content (AvgIpc) is 2.09. The van der Waals surface area contributed by atoms with Crippen molar-refractivity contribution in [1.29, 1.82) is 0 Å². The van der Waals surface area contributed by atoms with E-state index in [1.165, 1.54) is 5.54 Å². The quantitative estimate of drug-likeness (QED) is 0.781. The number of benzene rings is 1. The molecule has 0 aliphatic carbocycles. The number of rotatable bonds is 3. The van der Waals surface area contributed by atoms with E-state index >= 15 is 0 Å². The highest BCUT2D eigenvalue weighted by molar-refractivity contribution is 6.25. The molecule has 2 nitrogen and oxygen atoms in total. The van der Waals surface area contributed by atoms with Gasteiger partial charge in [0.05, 0.1) is 0 Å². The molecule has 0 bridgehead atoms. The number of nitrogens with two attached hydrogens (primary N) is 1. The Hall–Kier alpha value is -1.15. The molecule has 0 aromatic heterocycles. The molecule has 0 aliphatic rings. The van der Waals surface area contributed by atoms with E-state index in [0.29, 0.717) is 6.61 Å². The minimum Gasteiger partial charge on any atom is -0.489 e. The van der Waals surface area contributed by atoms with Crippen LogP contribution in [0.15, 0.2) is 23.7 Å². The predicted octanol–water partition coefficient (Wildman–Crippen LogP) is 3.02. The van der Waals surface area contributed by atoms with Crippen molar-refractivity contribution in [3.05, 3.63) is 34.9 Å². The van der Waals surface area contributed by atoms with Gasteiger partial charge in [0.15, 0.2) is 0 Å². The first-order chi connectivity index (χ1) is 6.65. The smallest absolute Gasteiger partial charge is 0.125 e. The van der Waals surface area contributed by atoms with Gasteiger partial charge in [-0.2, -0.15) is 0 Å². The van der Waals surface area contributed by atoms with Crippen LogP contribution < -0.4 is 10.5 Å². The van der Waals surface area contributed by atoms with E-state index in [2.05, 4.69) is 0 Å². The molecule has 1 rings (SSSR count). The summed E-state index contributed by atoms with van der Waals surface area (Å²) < 4.78 is 5.54. The first-order valence-electron chi connectivity index (χ1n) is 4.40. The van der Waals surface area contributed by atoms with Gasteiger partial charge < -0.3 is 10.5 Å². The maximum absolute atomic E-state index is 5.69. The summed E-state index contributed by atoms with van der Waals surface area (Å²) in [5.74, 6) is 0.883. The first kappa shape index (κ1) is 10.9. The van der Waals surface area contributed by atoms with Crippen molar-refractivity contribution < 1.29 is 4.74 Å². The molecule has 0 unspecified atom stereocenters. The van der Waals surface area contributed by atoms with Gasteiger partial charge in [-0.25, -0.2) is 0 Å². The van der Waals surface area contributed by atoms with E-state index in [4.69, 9.17) is 22.1 Å². The van der Waals surface area contributed by atoms with Crippen LogP contribution in [0, 0.1) is 13.8 Å². The first-order valence-corrected chi connectivity index (χ1v) is 4.83. The highest BCUT2D eigenvalue weighted by Crippen LogP contribution is 2.25. The number of hydrogen-bond acceptors (Lipinski definition) is 2. The van der Waals surface area contributed by atoms with Crippen molar-refractivity contribution in [2.24, 2.45) is 0 Å². The summed E-state index contributed by atoms with van der Waals surface area (Å²) in [4.78, 5) is 0. The van der Waals surface area contributed by atoms with E-state index < -0.39 is 0 Å². The summed E-state index contributed by atoms with van der Waals surface area (Å²) in [6.07, 6.45) is 1.75. The Labute approximate surface area is 89.3 Å². The molecule has 0 heterocycles. The zero-order chi connectivity index (χ0) is 10.6. The largest absolute Gasteiger partial charge is 0.489 e. The second-order valence-corrected chi connectivity index (χ2v) is 3.41. The molecule has 0 atom stereocenters. The van der Waals surface area contributed by atoms with Gasteiger partial charge in [-0.1, -0.05) is 11.6 Å². The van der Waals surface area contributed by atoms with Crippen molar-refractivity contribution in [2.75, 3.05) is 12.3 Å². The fourth-order valence-electron chi connectivity index (χ4n) is 1.38. The molecule has 1 aromatic rings. The maximum atomic E-state index is 5.69. The average molecular weight is 212 g/mol. The second kappa shape index (κ2) is 4.91. The van der Waals surface area contributed by atoms with E-state index in [1.807, 2.05) is 26.0 Å². The Morgan fingerprint density at radius 1 is 1.36 bits per heavy atom. The minimum absolute atomic E-state index is 0.481. The zero-order valence-corrected chi connectivity index (χ0v) is 9.14.